The van der Waals surface area contributed by atoms with E-state index < -0.39 is 12.0 Å². The lowest BCUT2D eigenvalue weighted by molar-refractivity contribution is 0.100. The van der Waals surface area contributed by atoms with Crippen LogP contribution in [0.3, 0.4) is 0 Å². The molecule has 8 nitrogen and oxygen atoms in total. The van der Waals surface area contributed by atoms with Gasteiger partial charge in [-0.25, -0.2) is 4.98 Å². The predicted octanol–water partition coefficient (Wildman–Crippen LogP) is 3.77. The molecule has 3 aromatic heterocycles. The van der Waals surface area contributed by atoms with Crippen molar-refractivity contribution in [2.75, 3.05) is 30.3 Å². The first-order valence-electron chi connectivity index (χ1n) is 12.5. The highest BCUT2D eigenvalue weighted by molar-refractivity contribution is 7.21. The maximum Gasteiger partial charge on any atom is 0.260 e. The second-order valence-corrected chi connectivity index (χ2v) is 10.4. The van der Waals surface area contributed by atoms with Crippen molar-refractivity contribution < 1.29 is 9.90 Å². The molecule has 0 aliphatic carbocycles. The van der Waals surface area contributed by atoms with Crippen LogP contribution >= 0.6 is 11.3 Å². The Morgan fingerprint density at radius 1 is 1.25 bits per heavy atom. The van der Waals surface area contributed by atoms with E-state index in [1.165, 1.54) is 11.3 Å². The van der Waals surface area contributed by atoms with E-state index in [1.54, 1.807) is 0 Å². The lowest BCUT2D eigenvalue weighted by Gasteiger charge is -2.34. The molecule has 1 unspecified atom stereocenters. The summed E-state index contributed by atoms with van der Waals surface area (Å²) in [5.41, 5.74) is 14.1. The monoisotopic (exact) mass is 504 g/mol. The first-order chi connectivity index (χ1) is 17.4. The first kappa shape index (κ1) is 24.4. The molecule has 9 heteroatoms. The number of benzene rings is 1. The summed E-state index contributed by atoms with van der Waals surface area (Å²) < 4.78 is 0. The molecule has 36 heavy (non-hydrogen) atoms. The molecule has 4 aromatic rings. The smallest absolute Gasteiger partial charge is 0.260 e. The third-order valence-corrected chi connectivity index (χ3v) is 8.04. The zero-order valence-corrected chi connectivity index (χ0v) is 21.2. The fourth-order valence-corrected chi connectivity index (χ4v) is 5.96. The van der Waals surface area contributed by atoms with Crippen LogP contribution < -0.4 is 21.7 Å². The summed E-state index contributed by atoms with van der Waals surface area (Å²) in [5.74, 6) is 0.412. The number of nitrogens with two attached hydrogens (primary N) is 2. The van der Waals surface area contributed by atoms with Gasteiger partial charge in [-0.3, -0.25) is 9.78 Å². The van der Waals surface area contributed by atoms with E-state index in [9.17, 15) is 9.90 Å². The van der Waals surface area contributed by atoms with Gasteiger partial charge < -0.3 is 26.8 Å². The number of carbonyl (C=O) groups excluding carboxylic acids is 1. The molecule has 0 bridgehead atoms. The molecule has 5 rings (SSSR count). The van der Waals surface area contributed by atoms with E-state index in [1.807, 2.05) is 36.5 Å². The Morgan fingerprint density at radius 2 is 2.00 bits per heavy atom. The van der Waals surface area contributed by atoms with Crippen LogP contribution in [0.5, 0.6) is 0 Å². The van der Waals surface area contributed by atoms with Crippen LogP contribution in [-0.4, -0.2) is 46.7 Å². The van der Waals surface area contributed by atoms with Crippen molar-refractivity contribution in [3.05, 3.63) is 58.7 Å². The number of nitrogens with one attached hydrogen (secondary N) is 1. The van der Waals surface area contributed by atoms with E-state index >= 15 is 0 Å². The molecule has 6 N–H and O–H groups in total. The number of thiophene rings is 1. The Morgan fingerprint density at radius 3 is 2.72 bits per heavy atom. The fraction of sp³-hybridized carbons (Fsp3) is 0.370. The number of nitrogen functional groups attached to an aromatic ring is 1. The van der Waals surface area contributed by atoms with Crippen LogP contribution in [0.4, 0.5) is 11.5 Å². The average molecular weight is 505 g/mol. The number of nitrogens with zero attached hydrogens (tertiary/aromatic N) is 3. The molecule has 0 spiro atoms. The molecular weight excluding hydrogens is 472 g/mol. The predicted molar refractivity (Wildman–Crippen MR) is 146 cm³/mol. The molecule has 1 atom stereocenters. The highest BCUT2D eigenvalue weighted by Gasteiger charge is 2.24. The number of hydrogen-bond acceptors (Lipinski definition) is 8. The minimum Gasteiger partial charge on any atom is -0.397 e. The number of anilines is 2. The van der Waals surface area contributed by atoms with E-state index in [-0.39, 0.29) is 0 Å². The molecule has 1 aliphatic rings. The second-order valence-electron chi connectivity index (χ2n) is 9.42. The molecule has 1 aromatic carbocycles. The minimum atomic E-state index is -0.656. The molecule has 1 aliphatic heterocycles. The number of aliphatic hydroxyl groups excluding tert-OH is 1. The van der Waals surface area contributed by atoms with Crippen LogP contribution in [0, 0.1) is 0 Å². The fourth-order valence-electron chi connectivity index (χ4n) is 4.97. The van der Waals surface area contributed by atoms with Gasteiger partial charge in [-0.1, -0.05) is 37.6 Å². The molecular formula is C27H32N6O2S. The third-order valence-electron chi connectivity index (χ3n) is 6.92. The zero-order valence-electron chi connectivity index (χ0n) is 20.4. The van der Waals surface area contributed by atoms with Crippen molar-refractivity contribution >= 4 is 49.7 Å². The quantitative estimate of drug-likeness (QED) is 0.287. The van der Waals surface area contributed by atoms with Gasteiger partial charge >= 0.3 is 0 Å². The second kappa shape index (κ2) is 10.4. The van der Waals surface area contributed by atoms with Gasteiger partial charge in [-0.2, -0.15) is 0 Å². The third kappa shape index (κ3) is 4.86. The Bertz CT molecular complexity index is 1400. The highest BCUT2D eigenvalue weighted by atomic mass is 32.1. The number of piperidine rings is 1. The summed E-state index contributed by atoms with van der Waals surface area (Å²) in [7, 11) is 0. The van der Waals surface area contributed by atoms with Crippen molar-refractivity contribution in [1.29, 1.82) is 0 Å². The molecule has 4 heterocycles. The number of aryl methyl sites for hydroxylation is 1. The number of hydrogen-bond donors (Lipinski definition) is 4. The maximum absolute atomic E-state index is 11.8. The lowest BCUT2D eigenvalue weighted by Crippen LogP contribution is -2.44. The highest BCUT2D eigenvalue weighted by Crippen LogP contribution is 2.37. The normalized spacial score (nSPS) is 15.6. The van der Waals surface area contributed by atoms with Crippen LogP contribution in [-0.2, 0) is 6.42 Å². The van der Waals surface area contributed by atoms with Crippen LogP contribution in [0.1, 0.15) is 53.2 Å². The maximum atomic E-state index is 11.8. The van der Waals surface area contributed by atoms with Crippen molar-refractivity contribution in [3.8, 4) is 0 Å². The number of aliphatic hydroxyl groups is 1. The summed E-state index contributed by atoms with van der Waals surface area (Å²) in [4.78, 5) is 24.6. The van der Waals surface area contributed by atoms with Crippen molar-refractivity contribution in [2.45, 2.75) is 44.8 Å². The molecule has 188 valence electrons. The lowest BCUT2D eigenvalue weighted by atomic mass is 10.0. The van der Waals surface area contributed by atoms with Gasteiger partial charge in [0.2, 0.25) is 0 Å². The van der Waals surface area contributed by atoms with E-state index in [4.69, 9.17) is 16.5 Å². The van der Waals surface area contributed by atoms with Crippen LogP contribution in [0.15, 0.2) is 42.6 Å². The van der Waals surface area contributed by atoms with Gasteiger partial charge in [0.25, 0.3) is 5.91 Å². The Hall–Kier alpha value is -3.27. The van der Waals surface area contributed by atoms with Crippen LogP contribution in [0.25, 0.3) is 21.0 Å². The first-order valence-corrected chi connectivity index (χ1v) is 13.3. The SMILES string of the molecule is CCCc1cc(N2CCC(NCC(O)c3cc4ccccc4cn3)CC2)nc2sc(C(N)=O)c(N)c12. The largest absolute Gasteiger partial charge is 0.397 e. The van der Waals surface area contributed by atoms with E-state index in [0.29, 0.717) is 28.8 Å². The summed E-state index contributed by atoms with van der Waals surface area (Å²) in [6, 6.07) is 12.4. The van der Waals surface area contributed by atoms with Crippen LogP contribution in [0.2, 0.25) is 0 Å². The van der Waals surface area contributed by atoms with E-state index in [2.05, 4.69) is 28.2 Å². The number of pyridine rings is 2. The number of aromatic nitrogens is 2. The number of rotatable bonds is 8. The topological polar surface area (TPSA) is 130 Å². The summed E-state index contributed by atoms with van der Waals surface area (Å²) in [6.07, 6.45) is 4.89. The van der Waals surface area contributed by atoms with Crippen molar-refractivity contribution in [3.63, 3.8) is 0 Å². The van der Waals surface area contributed by atoms with Gasteiger partial charge in [0.1, 0.15) is 21.6 Å². The molecule has 0 saturated carbocycles. The number of primary amides is 1. The molecule has 1 amide bonds. The minimum absolute atomic E-state index is 0.314. The van der Waals surface area contributed by atoms with Crippen molar-refractivity contribution in [1.82, 2.24) is 15.3 Å². The number of carbonyl (C=O) groups is 1. The summed E-state index contributed by atoms with van der Waals surface area (Å²) >= 11 is 1.28. The molecule has 1 saturated heterocycles. The Kier molecular flexibility index (Phi) is 7.04. The molecule has 1 fully saturated rings. The Balaban J connectivity index is 1.23. The van der Waals surface area contributed by atoms with E-state index in [0.717, 1.165) is 71.1 Å². The zero-order chi connectivity index (χ0) is 25.2. The van der Waals surface area contributed by atoms with Gasteiger partial charge in [0.15, 0.2) is 0 Å². The Labute approximate surface area is 214 Å². The number of amides is 1. The van der Waals surface area contributed by atoms with Gasteiger partial charge in [-0.15, -0.1) is 11.3 Å². The van der Waals surface area contributed by atoms with Gasteiger partial charge in [0.05, 0.1) is 11.4 Å². The van der Waals surface area contributed by atoms with Gasteiger partial charge in [0, 0.05) is 42.6 Å². The summed E-state index contributed by atoms with van der Waals surface area (Å²) in [6.45, 7) is 4.30. The number of fused-ring (bicyclic) bond motifs is 2. The van der Waals surface area contributed by atoms with Crippen molar-refractivity contribution in [2.24, 2.45) is 5.73 Å². The standard InChI is InChI=1S/C27H32N6O2S/c1-2-5-17-13-22(32-27-23(17)24(28)25(36-27)26(29)35)33-10-8-19(9-11-33)30-15-21(34)20-12-16-6-3-4-7-18(16)14-31-20/h3-4,6-7,12-14,19,21,30,34H,2,5,8-11,15,28H2,1H3,(H2,29,35). The van der Waals surface area contributed by atoms with Gasteiger partial charge in [-0.05, 0) is 42.3 Å². The average Bonchev–Trinajstić information content (AvgIpc) is 3.24. The molecule has 0 radical (unpaired) electrons. The summed E-state index contributed by atoms with van der Waals surface area (Å²) in [5, 5.41) is 17.2.